The molecule has 1 rings (SSSR count). The maximum absolute atomic E-state index is 8.14. The van der Waals surface area contributed by atoms with E-state index >= 15 is 0 Å². The highest BCUT2D eigenvalue weighted by atomic mass is 16.5. The van der Waals surface area contributed by atoms with Gasteiger partial charge in [-0.3, -0.25) is 5.21 Å². The van der Waals surface area contributed by atoms with Crippen molar-refractivity contribution >= 4 is 5.95 Å². The van der Waals surface area contributed by atoms with Crippen LogP contribution < -0.4 is 5.48 Å². The second kappa shape index (κ2) is 2.23. The van der Waals surface area contributed by atoms with Crippen molar-refractivity contribution in [3.05, 3.63) is 18.5 Å². The van der Waals surface area contributed by atoms with E-state index in [1.54, 1.807) is 11.5 Å². The summed E-state index contributed by atoms with van der Waals surface area (Å²) in [7, 11) is 0. The van der Waals surface area contributed by atoms with Crippen LogP contribution in [-0.2, 0) is 0 Å². The van der Waals surface area contributed by atoms with E-state index in [-0.39, 0.29) is 5.95 Å². The van der Waals surface area contributed by atoms with Crippen LogP contribution in [0.3, 0.4) is 0 Å². The molecule has 0 spiro atoms. The van der Waals surface area contributed by atoms with Gasteiger partial charge < -0.3 is 0 Å². The van der Waals surface area contributed by atoms with Crippen molar-refractivity contribution in [2.24, 2.45) is 0 Å². The van der Waals surface area contributed by atoms with Crippen molar-refractivity contribution in [3.63, 3.8) is 0 Å². The molecule has 1 heterocycles. The summed E-state index contributed by atoms with van der Waals surface area (Å²) in [4.78, 5) is 7.09. The van der Waals surface area contributed by atoms with Gasteiger partial charge in [0.25, 0.3) is 0 Å². The Labute approximate surface area is 46.2 Å². The van der Waals surface area contributed by atoms with Gasteiger partial charge in [0.2, 0.25) is 5.95 Å². The van der Waals surface area contributed by atoms with Gasteiger partial charge in [0.05, 0.1) is 6.20 Å². The van der Waals surface area contributed by atoms with Gasteiger partial charge in [-0.15, -0.1) is 0 Å². The molecule has 0 saturated carbocycles. The molecular formula is C4H4N3O. The van der Waals surface area contributed by atoms with Gasteiger partial charge in [-0.25, -0.2) is 15.4 Å². The first-order valence-corrected chi connectivity index (χ1v) is 2.02. The minimum Gasteiger partial charge on any atom is -0.288 e. The van der Waals surface area contributed by atoms with Crippen molar-refractivity contribution in [1.29, 1.82) is 0 Å². The summed E-state index contributed by atoms with van der Waals surface area (Å²) in [6.07, 6.45) is 3.95. The Kier molecular flexibility index (Phi) is 1.39. The summed E-state index contributed by atoms with van der Waals surface area (Å²) < 4.78 is 0. The topological polar surface area (TPSA) is 58.0 Å². The number of nitrogens with zero attached hydrogens (tertiary/aromatic N) is 2. The predicted molar refractivity (Wildman–Crippen MR) is 26.3 cm³/mol. The van der Waals surface area contributed by atoms with Crippen LogP contribution in [-0.4, -0.2) is 15.2 Å². The zero-order chi connectivity index (χ0) is 5.82. The number of hydrogen-bond donors (Lipinski definition) is 2. The van der Waals surface area contributed by atoms with Gasteiger partial charge in [-0.05, 0) is 6.07 Å². The molecule has 8 heavy (non-hydrogen) atoms. The molecule has 0 saturated heterocycles. The second-order valence-electron chi connectivity index (χ2n) is 1.12. The fourth-order valence-electron chi connectivity index (χ4n) is 0.322. The molecule has 0 aromatic carbocycles. The molecule has 0 aliphatic rings. The minimum atomic E-state index is 0.160. The molecule has 0 fully saturated rings. The Morgan fingerprint density at radius 2 is 2.62 bits per heavy atom. The Hall–Kier alpha value is -1.16. The van der Waals surface area contributed by atoms with E-state index in [9.17, 15) is 0 Å². The quantitative estimate of drug-likeness (QED) is 0.502. The third-order valence-electron chi connectivity index (χ3n) is 0.616. The van der Waals surface area contributed by atoms with E-state index < -0.39 is 0 Å². The van der Waals surface area contributed by atoms with Crippen molar-refractivity contribution in [1.82, 2.24) is 9.97 Å². The van der Waals surface area contributed by atoms with E-state index in [0.717, 1.165) is 0 Å². The molecule has 2 N–H and O–H groups in total. The van der Waals surface area contributed by atoms with Crippen LogP contribution >= 0.6 is 0 Å². The third kappa shape index (κ3) is 0.913. The van der Waals surface area contributed by atoms with Gasteiger partial charge in [0, 0.05) is 6.20 Å². The number of anilines is 1. The minimum absolute atomic E-state index is 0.160. The first-order valence-electron chi connectivity index (χ1n) is 2.02. The van der Waals surface area contributed by atoms with Crippen molar-refractivity contribution in [2.45, 2.75) is 0 Å². The maximum Gasteiger partial charge on any atom is 0.247 e. The molecule has 0 aliphatic heterocycles. The molecule has 0 amide bonds. The maximum atomic E-state index is 8.14. The number of hydrogen-bond acceptors (Lipinski definition) is 4. The highest BCUT2D eigenvalue weighted by Crippen LogP contribution is 1.87. The number of rotatable bonds is 1. The highest BCUT2D eigenvalue weighted by molar-refractivity contribution is 5.16. The summed E-state index contributed by atoms with van der Waals surface area (Å²) >= 11 is 0. The third-order valence-corrected chi connectivity index (χ3v) is 0.616. The second-order valence-corrected chi connectivity index (χ2v) is 1.12. The number of nitrogens with one attached hydrogen (secondary N) is 1. The molecule has 0 unspecified atom stereocenters. The van der Waals surface area contributed by atoms with Crippen LogP contribution in [0.25, 0.3) is 0 Å². The average molecular weight is 110 g/mol. The van der Waals surface area contributed by atoms with Crippen LogP contribution in [0, 0.1) is 6.20 Å². The molecular weight excluding hydrogens is 106 g/mol. The lowest BCUT2D eigenvalue weighted by atomic mass is 10.7. The molecule has 0 bridgehead atoms. The summed E-state index contributed by atoms with van der Waals surface area (Å²) in [5, 5.41) is 8.14. The Morgan fingerprint density at radius 3 is 3.00 bits per heavy atom. The SMILES string of the molecule is ONc1n[c]ccn1. The fraction of sp³-hybridized carbons (Fsp3) is 0. The molecule has 0 aliphatic carbocycles. The lowest BCUT2D eigenvalue weighted by Gasteiger charge is -1.89. The summed E-state index contributed by atoms with van der Waals surface area (Å²) in [6, 6.07) is 1.54. The molecule has 41 valence electrons. The smallest absolute Gasteiger partial charge is 0.247 e. The van der Waals surface area contributed by atoms with Gasteiger partial charge in [0.15, 0.2) is 0 Å². The van der Waals surface area contributed by atoms with E-state index in [1.165, 1.54) is 6.20 Å². The van der Waals surface area contributed by atoms with E-state index in [0.29, 0.717) is 0 Å². The standard InChI is InChI=1S/C4H4N3O/c8-7-4-5-2-1-3-6-4/h1-2,8H,(H,5,6,7). The fourth-order valence-corrected chi connectivity index (χ4v) is 0.322. The van der Waals surface area contributed by atoms with Crippen molar-refractivity contribution in [3.8, 4) is 0 Å². The summed E-state index contributed by atoms with van der Waals surface area (Å²) in [5.41, 5.74) is 1.77. The zero-order valence-corrected chi connectivity index (χ0v) is 4.00. The molecule has 1 aromatic heterocycles. The van der Waals surface area contributed by atoms with Crippen molar-refractivity contribution in [2.75, 3.05) is 5.48 Å². The zero-order valence-electron chi connectivity index (χ0n) is 4.00. The predicted octanol–water partition coefficient (Wildman–Crippen LogP) is 0.0779. The Morgan fingerprint density at radius 1 is 1.75 bits per heavy atom. The van der Waals surface area contributed by atoms with E-state index in [1.807, 2.05) is 0 Å². The van der Waals surface area contributed by atoms with Crippen LogP contribution in [0.2, 0.25) is 0 Å². The Balaban J connectivity index is 2.83. The monoisotopic (exact) mass is 110 g/mol. The van der Waals surface area contributed by atoms with Gasteiger partial charge in [-0.1, -0.05) is 0 Å². The largest absolute Gasteiger partial charge is 0.288 e. The summed E-state index contributed by atoms with van der Waals surface area (Å²) in [5.74, 6) is 0.160. The van der Waals surface area contributed by atoms with Crippen molar-refractivity contribution < 1.29 is 5.21 Å². The molecule has 0 atom stereocenters. The summed E-state index contributed by atoms with van der Waals surface area (Å²) in [6.45, 7) is 0. The number of aromatic nitrogens is 2. The first kappa shape index (κ1) is 4.99. The molecule has 4 heteroatoms. The Bertz CT molecular complexity index is 153. The van der Waals surface area contributed by atoms with Crippen LogP contribution in [0.1, 0.15) is 0 Å². The molecule has 1 radical (unpaired) electrons. The van der Waals surface area contributed by atoms with E-state index in [4.69, 9.17) is 5.21 Å². The van der Waals surface area contributed by atoms with Gasteiger partial charge in [0.1, 0.15) is 0 Å². The lowest BCUT2D eigenvalue weighted by molar-refractivity contribution is 0.382. The lowest BCUT2D eigenvalue weighted by Crippen LogP contribution is -1.94. The molecule has 1 aromatic rings. The van der Waals surface area contributed by atoms with E-state index in [2.05, 4.69) is 16.2 Å². The molecule has 4 nitrogen and oxygen atoms in total. The van der Waals surface area contributed by atoms with Crippen LogP contribution in [0.4, 0.5) is 5.95 Å². The van der Waals surface area contributed by atoms with Crippen LogP contribution in [0.5, 0.6) is 0 Å². The van der Waals surface area contributed by atoms with Gasteiger partial charge >= 0.3 is 0 Å². The normalized spacial score (nSPS) is 8.62. The van der Waals surface area contributed by atoms with Gasteiger partial charge in [-0.2, -0.15) is 0 Å². The highest BCUT2D eigenvalue weighted by Gasteiger charge is 1.83. The van der Waals surface area contributed by atoms with Crippen LogP contribution in [0.15, 0.2) is 12.3 Å². The average Bonchev–Trinajstić information content (AvgIpc) is 1.90. The first-order chi connectivity index (χ1) is 3.93.